The molecule has 3 unspecified atom stereocenters. The minimum absolute atomic E-state index is 0.0932. The minimum atomic E-state index is -0.176. The van der Waals surface area contributed by atoms with Crippen molar-refractivity contribution in [2.24, 2.45) is 0 Å². The van der Waals surface area contributed by atoms with E-state index in [2.05, 4.69) is 19.2 Å². The summed E-state index contributed by atoms with van der Waals surface area (Å²) < 4.78 is 19.4. The smallest absolute Gasteiger partial charge is 0.123 e. The van der Waals surface area contributed by atoms with Gasteiger partial charge in [-0.3, -0.25) is 0 Å². The van der Waals surface area contributed by atoms with Gasteiger partial charge in [0, 0.05) is 0 Å². The van der Waals surface area contributed by atoms with Crippen LogP contribution in [-0.4, -0.2) is 18.8 Å². The third-order valence-electron chi connectivity index (χ3n) is 3.64. The van der Waals surface area contributed by atoms with E-state index in [0.29, 0.717) is 6.10 Å². The molecule has 1 aliphatic heterocycles. The number of hydrogen-bond donors (Lipinski definition) is 1. The quantitative estimate of drug-likeness (QED) is 0.886. The summed E-state index contributed by atoms with van der Waals surface area (Å²) in [5, 5.41) is 3.44. The molecule has 1 aliphatic rings. The van der Waals surface area contributed by atoms with Crippen LogP contribution in [0, 0.1) is 12.7 Å². The average molecular weight is 251 g/mol. The van der Waals surface area contributed by atoms with Gasteiger partial charge in [0.1, 0.15) is 5.82 Å². The Balaban J connectivity index is 2.26. The predicted molar refractivity (Wildman–Crippen MR) is 71.1 cm³/mol. The number of aryl methyl sites for hydroxylation is 1. The fourth-order valence-electron chi connectivity index (χ4n) is 2.69. The molecule has 3 atom stereocenters. The van der Waals surface area contributed by atoms with Gasteiger partial charge in [-0.1, -0.05) is 13.0 Å². The number of likely N-dealkylation sites (N-methyl/N-ethyl adjacent to an activating group) is 1. The van der Waals surface area contributed by atoms with Crippen molar-refractivity contribution in [3.8, 4) is 0 Å². The summed E-state index contributed by atoms with van der Waals surface area (Å²) in [6.45, 7) is 7.05. The highest BCUT2D eigenvalue weighted by molar-refractivity contribution is 5.30. The molecule has 2 rings (SSSR count). The number of hydrogen-bond acceptors (Lipinski definition) is 2. The predicted octanol–water partition coefficient (Wildman–Crippen LogP) is 3.35. The zero-order chi connectivity index (χ0) is 13.1. The van der Waals surface area contributed by atoms with E-state index in [4.69, 9.17) is 4.74 Å². The maximum atomic E-state index is 13.4. The van der Waals surface area contributed by atoms with Crippen LogP contribution in [0.2, 0.25) is 0 Å². The van der Waals surface area contributed by atoms with Crippen LogP contribution in [0.15, 0.2) is 18.2 Å². The summed E-state index contributed by atoms with van der Waals surface area (Å²) in [6.07, 6.45) is 2.58. The maximum absolute atomic E-state index is 13.4. The van der Waals surface area contributed by atoms with Gasteiger partial charge in [-0.25, -0.2) is 4.39 Å². The van der Waals surface area contributed by atoms with Crippen LogP contribution < -0.4 is 5.32 Å². The highest BCUT2D eigenvalue weighted by Crippen LogP contribution is 2.31. The molecule has 1 aromatic carbocycles. The van der Waals surface area contributed by atoms with Crippen LogP contribution in [0.1, 0.15) is 43.9 Å². The van der Waals surface area contributed by atoms with Crippen LogP contribution in [0.5, 0.6) is 0 Å². The molecule has 1 fully saturated rings. The molecule has 2 nitrogen and oxygen atoms in total. The Morgan fingerprint density at radius 3 is 2.83 bits per heavy atom. The largest absolute Gasteiger partial charge is 0.373 e. The lowest BCUT2D eigenvalue weighted by atomic mass is 9.95. The Hall–Kier alpha value is -0.930. The van der Waals surface area contributed by atoms with E-state index in [-0.39, 0.29) is 18.0 Å². The second kappa shape index (κ2) is 5.81. The monoisotopic (exact) mass is 251 g/mol. The fourth-order valence-corrected chi connectivity index (χ4v) is 2.69. The summed E-state index contributed by atoms with van der Waals surface area (Å²) in [5.41, 5.74) is 2.14. The summed E-state index contributed by atoms with van der Waals surface area (Å²) in [7, 11) is 0. The molecule has 100 valence electrons. The Labute approximate surface area is 109 Å². The lowest BCUT2D eigenvalue weighted by Crippen LogP contribution is -2.32. The lowest BCUT2D eigenvalue weighted by Gasteiger charge is -2.26. The van der Waals surface area contributed by atoms with Gasteiger partial charge in [0.15, 0.2) is 0 Å². The van der Waals surface area contributed by atoms with Gasteiger partial charge in [-0.15, -0.1) is 0 Å². The highest BCUT2D eigenvalue weighted by atomic mass is 19.1. The molecule has 0 amide bonds. The van der Waals surface area contributed by atoms with Crippen LogP contribution in [-0.2, 0) is 4.74 Å². The molecule has 1 saturated heterocycles. The van der Waals surface area contributed by atoms with Crippen molar-refractivity contribution >= 4 is 0 Å². The minimum Gasteiger partial charge on any atom is -0.373 e. The molecule has 1 heterocycles. The van der Waals surface area contributed by atoms with Crippen molar-refractivity contribution in [1.82, 2.24) is 5.32 Å². The molecular formula is C15H22FNO. The van der Waals surface area contributed by atoms with Gasteiger partial charge in [-0.2, -0.15) is 0 Å². The first-order chi connectivity index (χ1) is 8.61. The van der Waals surface area contributed by atoms with E-state index in [1.54, 1.807) is 6.07 Å². The van der Waals surface area contributed by atoms with Crippen molar-refractivity contribution in [3.63, 3.8) is 0 Å². The molecule has 1 N–H and O–H groups in total. The van der Waals surface area contributed by atoms with Gasteiger partial charge < -0.3 is 10.1 Å². The van der Waals surface area contributed by atoms with E-state index in [1.807, 2.05) is 13.0 Å². The van der Waals surface area contributed by atoms with Crippen LogP contribution in [0.3, 0.4) is 0 Å². The molecule has 0 spiro atoms. The molecule has 0 aromatic heterocycles. The SMILES string of the molecule is CCNC(c1cc(F)ccc1C)C1CCC(C)O1. The van der Waals surface area contributed by atoms with Gasteiger partial charge in [-0.05, 0) is 56.5 Å². The molecule has 0 radical (unpaired) electrons. The van der Waals surface area contributed by atoms with Crippen LogP contribution in [0.4, 0.5) is 4.39 Å². The van der Waals surface area contributed by atoms with E-state index in [9.17, 15) is 4.39 Å². The van der Waals surface area contributed by atoms with Gasteiger partial charge in [0.05, 0.1) is 18.2 Å². The first kappa shape index (κ1) is 13.5. The topological polar surface area (TPSA) is 21.3 Å². The molecule has 1 aromatic rings. The van der Waals surface area contributed by atoms with E-state index in [1.165, 1.54) is 6.07 Å². The van der Waals surface area contributed by atoms with Gasteiger partial charge in [0.25, 0.3) is 0 Å². The first-order valence-corrected chi connectivity index (χ1v) is 6.76. The summed E-state index contributed by atoms with van der Waals surface area (Å²) in [5.74, 6) is -0.176. The molecule has 18 heavy (non-hydrogen) atoms. The fraction of sp³-hybridized carbons (Fsp3) is 0.600. The Morgan fingerprint density at radius 1 is 1.44 bits per heavy atom. The van der Waals surface area contributed by atoms with Crippen LogP contribution >= 0.6 is 0 Å². The van der Waals surface area contributed by atoms with Crippen LogP contribution in [0.25, 0.3) is 0 Å². The zero-order valence-corrected chi connectivity index (χ0v) is 11.4. The number of nitrogens with one attached hydrogen (secondary N) is 1. The number of rotatable bonds is 4. The summed E-state index contributed by atoms with van der Waals surface area (Å²) >= 11 is 0. The third kappa shape index (κ3) is 2.90. The van der Waals surface area contributed by atoms with Crippen molar-refractivity contribution in [3.05, 3.63) is 35.1 Å². The lowest BCUT2D eigenvalue weighted by molar-refractivity contribution is 0.0317. The average Bonchev–Trinajstić information content (AvgIpc) is 2.76. The Morgan fingerprint density at radius 2 is 2.22 bits per heavy atom. The van der Waals surface area contributed by atoms with Gasteiger partial charge >= 0.3 is 0 Å². The third-order valence-corrected chi connectivity index (χ3v) is 3.64. The number of benzene rings is 1. The summed E-state index contributed by atoms with van der Waals surface area (Å²) in [6, 6.07) is 5.08. The normalized spacial score (nSPS) is 25.3. The number of ether oxygens (including phenoxy) is 1. The molecule has 0 aliphatic carbocycles. The Kier molecular flexibility index (Phi) is 4.36. The maximum Gasteiger partial charge on any atom is 0.123 e. The van der Waals surface area contributed by atoms with Gasteiger partial charge in [0.2, 0.25) is 0 Å². The molecular weight excluding hydrogens is 229 g/mol. The van der Waals surface area contributed by atoms with Crippen molar-refractivity contribution in [2.75, 3.05) is 6.54 Å². The molecule has 0 saturated carbocycles. The van der Waals surface area contributed by atoms with E-state index >= 15 is 0 Å². The molecule has 0 bridgehead atoms. The highest BCUT2D eigenvalue weighted by Gasteiger charge is 2.31. The van der Waals surface area contributed by atoms with Crippen molar-refractivity contribution < 1.29 is 9.13 Å². The second-order valence-corrected chi connectivity index (χ2v) is 5.10. The standard InChI is InChI=1S/C15H22FNO/c1-4-17-15(14-8-6-11(3)18-14)13-9-12(16)7-5-10(13)2/h5,7,9,11,14-15,17H,4,6,8H2,1-3H3. The first-order valence-electron chi connectivity index (χ1n) is 6.76. The van der Waals surface area contributed by atoms with E-state index < -0.39 is 0 Å². The summed E-state index contributed by atoms with van der Waals surface area (Å²) in [4.78, 5) is 0. The van der Waals surface area contributed by atoms with E-state index in [0.717, 1.165) is 30.5 Å². The number of halogens is 1. The zero-order valence-electron chi connectivity index (χ0n) is 11.4. The molecule has 3 heteroatoms. The van der Waals surface area contributed by atoms with Crippen molar-refractivity contribution in [2.45, 2.75) is 51.9 Å². The van der Waals surface area contributed by atoms with Crippen molar-refractivity contribution in [1.29, 1.82) is 0 Å². The second-order valence-electron chi connectivity index (χ2n) is 5.10. The Bertz CT molecular complexity index is 407.